The lowest BCUT2D eigenvalue weighted by Crippen LogP contribution is -2.41. The van der Waals surface area contributed by atoms with E-state index in [9.17, 15) is 18.8 Å². The zero-order valence-corrected chi connectivity index (χ0v) is 18.0. The molecule has 0 spiro atoms. The normalized spacial score (nSPS) is 11.5. The summed E-state index contributed by atoms with van der Waals surface area (Å²) in [4.78, 5) is 35.4. The van der Waals surface area contributed by atoms with Crippen molar-refractivity contribution in [3.8, 4) is 11.5 Å². The van der Waals surface area contributed by atoms with E-state index in [1.54, 1.807) is 25.1 Å². The van der Waals surface area contributed by atoms with Crippen LogP contribution < -0.4 is 25.5 Å². The van der Waals surface area contributed by atoms with Crippen LogP contribution in [0.2, 0.25) is 0 Å². The Morgan fingerprint density at radius 1 is 1.09 bits per heavy atom. The highest BCUT2D eigenvalue weighted by Crippen LogP contribution is 2.27. The quantitative estimate of drug-likeness (QED) is 0.311. The molecule has 10 heteroatoms. The monoisotopic (exact) mass is 444 g/mol. The van der Waals surface area contributed by atoms with E-state index in [1.807, 2.05) is 6.92 Å². The van der Waals surface area contributed by atoms with Gasteiger partial charge in [0.2, 0.25) is 0 Å². The summed E-state index contributed by atoms with van der Waals surface area (Å²) >= 11 is 0. The molecule has 0 fully saturated rings. The topological polar surface area (TPSA) is 118 Å². The van der Waals surface area contributed by atoms with E-state index in [0.717, 1.165) is 0 Å². The average molecular weight is 444 g/mol. The molecule has 0 unspecified atom stereocenters. The molecule has 32 heavy (non-hydrogen) atoms. The van der Waals surface area contributed by atoms with Crippen LogP contribution in [0.15, 0.2) is 47.6 Å². The number of hydrogen-bond acceptors (Lipinski definition) is 6. The summed E-state index contributed by atoms with van der Waals surface area (Å²) in [5.74, 6) is -1.82. The molecule has 0 bridgehead atoms. The maximum Gasteiger partial charge on any atom is 0.329 e. The van der Waals surface area contributed by atoms with Gasteiger partial charge < -0.3 is 20.1 Å². The molecule has 0 saturated heterocycles. The summed E-state index contributed by atoms with van der Waals surface area (Å²) in [6, 6.07) is 10.0. The van der Waals surface area contributed by atoms with Crippen LogP contribution in [0, 0.1) is 5.82 Å². The van der Waals surface area contributed by atoms with Crippen LogP contribution in [-0.2, 0) is 14.4 Å². The maximum atomic E-state index is 12.9. The van der Waals surface area contributed by atoms with Crippen molar-refractivity contribution in [1.82, 2.24) is 10.7 Å². The van der Waals surface area contributed by atoms with Crippen LogP contribution >= 0.6 is 0 Å². The molecule has 0 aliphatic carbocycles. The van der Waals surface area contributed by atoms with Crippen molar-refractivity contribution in [3.05, 3.63) is 53.8 Å². The molecule has 0 radical (unpaired) electrons. The standard InChI is InChI=1S/C22H25FN4O5/c1-4-14(2)25-21(29)22(30)27-24-12-15-5-10-18(19(11-15)31-3)32-13-20(28)26-17-8-6-16(23)7-9-17/h5-12,14H,4,13H2,1-3H3,(H,25,29)(H,26,28)(H,27,30)/b24-12-/t14-/m1/s1. The lowest BCUT2D eigenvalue weighted by atomic mass is 10.2. The van der Waals surface area contributed by atoms with E-state index in [1.165, 1.54) is 37.6 Å². The molecule has 0 aliphatic heterocycles. The third kappa shape index (κ3) is 7.71. The first-order valence-corrected chi connectivity index (χ1v) is 9.82. The van der Waals surface area contributed by atoms with Crippen molar-refractivity contribution < 1.29 is 28.2 Å². The highest BCUT2D eigenvalue weighted by Gasteiger charge is 2.14. The lowest BCUT2D eigenvalue weighted by molar-refractivity contribution is -0.139. The summed E-state index contributed by atoms with van der Waals surface area (Å²) in [7, 11) is 1.43. The lowest BCUT2D eigenvalue weighted by Gasteiger charge is -2.11. The van der Waals surface area contributed by atoms with Gasteiger partial charge in [-0.05, 0) is 61.4 Å². The number of methoxy groups -OCH3 is 1. The SMILES string of the molecule is CC[C@@H](C)NC(=O)C(=O)N/N=C\c1ccc(OCC(=O)Nc2ccc(F)cc2)c(OC)c1. The summed E-state index contributed by atoms with van der Waals surface area (Å²) in [6.45, 7) is 3.39. The van der Waals surface area contributed by atoms with E-state index in [-0.39, 0.29) is 12.6 Å². The van der Waals surface area contributed by atoms with Gasteiger partial charge in [0.1, 0.15) is 5.82 Å². The van der Waals surface area contributed by atoms with E-state index in [2.05, 4.69) is 21.2 Å². The molecule has 2 aromatic carbocycles. The van der Waals surface area contributed by atoms with Gasteiger partial charge in [0.25, 0.3) is 5.91 Å². The van der Waals surface area contributed by atoms with Crippen molar-refractivity contribution in [3.63, 3.8) is 0 Å². The second-order valence-electron chi connectivity index (χ2n) is 6.74. The number of nitrogens with one attached hydrogen (secondary N) is 3. The van der Waals surface area contributed by atoms with Gasteiger partial charge in [0, 0.05) is 11.7 Å². The van der Waals surface area contributed by atoms with Gasteiger partial charge in [-0.3, -0.25) is 14.4 Å². The van der Waals surface area contributed by atoms with Crippen LogP contribution in [0.4, 0.5) is 10.1 Å². The van der Waals surface area contributed by atoms with Crippen LogP contribution in [0.1, 0.15) is 25.8 Å². The third-order valence-electron chi connectivity index (χ3n) is 4.25. The predicted octanol–water partition coefficient (Wildman–Crippen LogP) is 2.22. The Kier molecular flexibility index (Phi) is 9.15. The number of nitrogens with zero attached hydrogens (tertiary/aromatic N) is 1. The molecule has 0 saturated carbocycles. The fourth-order valence-corrected chi connectivity index (χ4v) is 2.36. The highest BCUT2D eigenvalue weighted by atomic mass is 19.1. The molecule has 3 amide bonds. The Morgan fingerprint density at radius 2 is 1.81 bits per heavy atom. The number of ether oxygens (including phenoxy) is 2. The Hall–Kier alpha value is -3.95. The number of carbonyl (C=O) groups excluding carboxylic acids is 3. The van der Waals surface area contributed by atoms with Crippen molar-refractivity contribution in [1.29, 1.82) is 0 Å². The molecule has 3 N–H and O–H groups in total. The van der Waals surface area contributed by atoms with Gasteiger partial charge in [-0.1, -0.05) is 6.92 Å². The molecule has 2 rings (SSSR count). The van der Waals surface area contributed by atoms with Gasteiger partial charge in [0.05, 0.1) is 13.3 Å². The molecule has 2 aromatic rings. The van der Waals surface area contributed by atoms with Gasteiger partial charge in [-0.2, -0.15) is 5.10 Å². The first-order chi connectivity index (χ1) is 15.3. The number of amides is 3. The number of halogens is 1. The molecular weight excluding hydrogens is 419 g/mol. The predicted molar refractivity (Wildman–Crippen MR) is 117 cm³/mol. The van der Waals surface area contributed by atoms with Crippen molar-refractivity contribution in [2.45, 2.75) is 26.3 Å². The Bertz CT molecular complexity index is 979. The van der Waals surface area contributed by atoms with E-state index >= 15 is 0 Å². The highest BCUT2D eigenvalue weighted by molar-refractivity contribution is 6.35. The van der Waals surface area contributed by atoms with Gasteiger partial charge in [-0.15, -0.1) is 0 Å². The summed E-state index contributed by atoms with van der Waals surface area (Å²) in [6.07, 6.45) is 2.03. The minimum absolute atomic E-state index is 0.119. The molecule has 1 atom stereocenters. The van der Waals surface area contributed by atoms with Gasteiger partial charge in [-0.25, -0.2) is 9.82 Å². The van der Waals surface area contributed by atoms with Crippen LogP contribution in [0.5, 0.6) is 11.5 Å². The molecule has 0 heterocycles. The smallest absolute Gasteiger partial charge is 0.329 e. The van der Waals surface area contributed by atoms with Gasteiger partial charge >= 0.3 is 11.8 Å². The van der Waals surface area contributed by atoms with Gasteiger partial charge in [0.15, 0.2) is 18.1 Å². The number of benzene rings is 2. The first-order valence-electron chi connectivity index (χ1n) is 9.82. The van der Waals surface area contributed by atoms with Crippen molar-refractivity contribution in [2.75, 3.05) is 19.0 Å². The number of hydrogen-bond donors (Lipinski definition) is 3. The number of hydrazone groups is 1. The average Bonchev–Trinajstić information content (AvgIpc) is 2.79. The minimum atomic E-state index is -0.874. The Labute approximate surface area is 185 Å². The van der Waals surface area contributed by atoms with E-state index in [0.29, 0.717) is 29.2 Å². The van der Waals surface area contributed by atoms with E-state index in [4.69, 9.17) is 9.47 Å². The van der Waals surface area contributed by atoms with Crippen molar-refractivity contribution >= 4 is 29.6 Å². The second-order valence-corrected chi connectivity index (χ2v) is 6.74. The Balaban J connectivity index is 1.90. The molecule has 9 nitrogen and oxygen atoms in total. The maximum absolute atomic E-state index is 12.9. The summed E-state index contributed by atoms with van der Waals surface area (Å²) in [5, 5.41) is 8.87. The number of anilines is 1. The minimum Gasteiger partial charge on any atom is -0.493 e. The Morgan fingerprint density at radius 3 is 2.47 bits per heavy atom. The third-order valence-corrected chi connectivity index (χ3v) is 4.25. The summed E-state index contributed by atoms with van der Waals surface area (Å²) in [5.41, 5.74) is 3.15. The largest absolute Gasteiger partial charge is 0.493 e. The zero-order valence-electron chi connectivity index (χ0n) is 18.0. The molecule has 170 valence electrons. The second kappa shape index (κ2) is 12.0. The fraction of sp³-hybridized carbons (Fsp3) is 0.273. The summed E-state index contributed by atoms with van der Waals surface area (Å²) < 4.78 is 23.7. The number of rotatable bonds is 9. The fourth-order valence-electron chi connectivity index (χ4n) is 2.36. The molecular formula is C22H25FN4O5. The zero-order chi connectivity index (χ0) is 23.5. The number of carbonyl (C=O) groups is 3. The van der Waals surface area contributed by atoms with Crippen LogP contribution in [0.3, 0.4) is 0 Å². The van der Waals surface area contributed by atoms with Crippen LogP contribution in [0.25, 0.3) is 0 Å². The first kappa shape index (κ1) is 24.3. The molecule has 0 aliphatic rings. The van der Waals surface area contributed by atoms with Crippen molar-refractivity contribution in [2.24, 2.45) is 5.10 Å². The molecule has 0 aromatic heterocycles. The van der Waals surface area contributed by atoms with E-state index < -0.39 is 23.5 Å². The van der Waals surface area contributed by atoms with Crippen LogP contribution in [-0.4, -0.2) is 43.7 Å².